The van der Waals surface area contributed by atoms with Gasteiger partial charge in [0.25, 0.3) is 0 Å². The van der Waals surface area contributed by atoms with E-state index >= 15 is 0 Å². The topological polar surface area (TPSA) is 108 Å². The van der Waals surface area contributed by atoms with Crippen LogP contribution >= 0.6 is 0 Å². The quantitative estimate of drug-likeness (QED) is 0.406. The zero-order valence-electron chi connectivity index (χ0n) is 21.0. The fraction of sp³-hybridized carbons (Fsp3) is 0.370. The molecule has 1 aliphatic heterocycles. The van der Waals surface area contributed by atoms with Crippen molar-refractivity contribution >= 4 is 29.2 Å². The van der Waals surface area contributed by atoms with Crippen LogP contribution in [0.5, 0.6) is 5.75 Å². The van der Waals surface area contributed by atoms with Crippen LogP contribution in [-0.4, -0.2) is 45.8 Å². The average molecular weight is 483 g/mol. The third-order valence-electron chi connectivity index (χ3n) is 8.10. The van der Waals surface area contributed by atoms with Crippen LogP contribution in [0.1, 0.15) is 40.0 Å². The van der Waals surface area contributed by atoms with Gasteiger partial charge in [-0.3, -0.25) is 5.10 Å². The van der Waals surface area contributed by atoms with E-state index in [1.54, 1.807) is 13.3 Å². The maximum absolute atomic E-state index is 6.81. The Morgan fingerprint density at radius 2 is 1.97 bits per heavy atom. The van der Waals surface area contributed by atoms with Crippen molar-refractivity contribution in [1.29, 1.82) is 0 Å². The Labute approximate surface area is 210 Å². The largest absolute Gasteiger partial charge is 0.498 e. The summed E-state index contributed by atoms with van der Waals surface area (Å²) in [6.07, 6.45) is 6.45. The molecule has 36 heavy (non-hydrogen) atoms. The van der Waals surface area contributed by atoms with Gasteiger partial charge in [0.2, 0.25) is 0 Å². The standard InChI is InChI=1S/C27H30BN5O3/c1-16(2)27-10-5-9-26(27,3)35-28(36-27)21-13-19(20(14-25(21)34-4)23-8-11-30-32-23)17-6-7-18-22(29)15-31-33-24(18)12-17/h6-8,11-16H,5,9-10H2,1-4H3,(H2,29,33)(H,30,32)/t26-,27?/m0/s1. The monoisotopic (exact) mass is 483 g/mol. The highest BCUT2D eigenvalue weighted by atomic mass is 16.7. The first-order chi connectivity index (χ1) is 17.3. The van der Waals surface area contributed by atoms with E-state index in [0.717, 1.165) is 58.0 Å². The van der Waals surface area contributed by atoms with Crippen molar-refractivity contribution < 1.29 is 14.0 Å². The zero-order valence-corrected chi connectivity index (χ0v) is 21.0. The number of nitrogens with two attached hydrogens (primary N) is 1. The molecular weight excluding hydrogens is 453 g/mol. The summed E-state index contributed by atoms with van der Waals surface area (Å²) in [5.74, 6) is 1.03. The molecule has 184 valence electrons. The second-order valence-electron chi connectivity index (χ2n) is 10.3. The van der Waals surface area contributed by atoms with Crippen molar-refractivity contribution in [2.75, 3.05) is 12.8 Å². The molecule has 2 aromatic heterocycles. The highest BCUT2D eigenvalue weighted by Crippen LogP contribution is 2.53. The molecule has 2 fully saturated rings. The molecule has 6 rings (SSSR count). The molecule has 0 amide bonds. The lowest BCUT2D eigenvalue weighted by Crippen LogP contribution is -2.49. The predicted molar refractivity (Wildman–Crippen MR) is 141 cm³/mol. The maximum Gasteiger partial charge on any atom is 0.498 e. The summed E-state index contributed by atoms with van der Waals surface area (Å²) >= 11 is 0. The zero-order chi connectivity index (χ0) is 25.1. The number of H-pyrrole nitrogens is 1. The van der Waals surface area contributed by atoms with E-state index < -0.39 is 7.12 Å². The summed E-state index contributed by atoms with van der Waals surface area (Å²) in [4.78, 5) is 0. The lowest BCUT2D eigenvalue weighted by Gasteiger charge is -2.39. The van der Waals surface area contributed by atoms with Gasteiger partial charge in [0, 0.05) is 22.6 Å². The fourth-order valence-corrected chi connectivity index (χ4v) is 6.19. The minimum Gasteiger partial charge on any atom is -0.497 e. The Morgan fingerprint density at radius 3 is 2.69 bits per heavy atom. The molecule has 9 heteroatoms. The number of aromatic nitrogens is 4. The molecule has 0 bridgehead atoms. The molecule has 1 unspecified atom stereocenters. The number of hydrogen-bond donors (Lipinski definition) is 2. The summed E-state index contributed by atoms with van der Waals surface area (Å²) in [7, 11) is 1.15. The minimum absolute atomic E-state index is 0.320. The highest BCUT2D eigenvalue weighted by Gasteiger charge is 2.63. The SMILES string of the molecule is COc1cc(-c2cc[nH]n2)c(-c2ccc3c(N)cnnc3c2)cc1B1OC2(C(C)C)CCC[C@]2(C)O1. The van der Waals surface area contributed by atoms with Gasteiger partial charge < -0.3 is 19.8 Å². The van der Waals surface area contributed by atoms with Gasteiger partial charge in [0.05, 0.1) is 41.4 Å². The number of anilines is 1. The number of aromatic amines is 1. The number of nitrogens with zero attached hydrogens (tertiary/aromatic N) is 3. The molecule has 2 aliphatic rings. The molecule has 1 saturated carbocycles. The van der Waals surface area contributed by atoms with Crippen molar-refractivity contribution in [2.45, 2.75) is 51.2 Å². The Kier molecular flexibility index (Phi) is 5.31. The molecule has 1 saturated heterocycles. The molecule has 3 N–H and O–H groups in total. The Bertz CT molecular complexity index is 1440. The van der Waals surface area contributed by atoms with E-state index in [4.69, 9.17) is 19.8 Å². The van der Waals surface area contributed by atoms with E-state index in [1.165, 1.54) is 0 Å². The maximum atomic E-state index is 6.81. The highest BCUT2D eigenvalue weighted by molar-refractivity contribution is 6.63. The first-order valence-electron chi connectivity index (χ1n) is 12.4. The van der Waals surface area contributed by atoms with Crippen LogP contribution < -0.4 is 15.9 Å². The van der Waals surface area contributed by atoms with Crippen molar-refractivity contribution in [3.63, 3.8) is 0 Å². The number of hydrogen-bond acceptors (Lipinski definition) is 7. The number of fused-ring (bicyclic) bond motifs is 2. The van der Waals surface area contributed by atoms with Crippen LogP contribution in [0.2, 0.25) is 0 Å². The summed E-state index contributed by atoms with van der Waals surface area (Å²) < 4.78 is 19.4. The smallest absolute Gasteiger partial charge is 0.497 e. The molecule has 0 radical (unpaired) electrons. The molecule has 2 atom stereocenters. The van der Waals surface area contributed by atoms with Crippen LogP contribution in [0.3, 0.4) is 0 Å². The summed E-state index contributed by atoms with van der Waals surface area (Å²) in [6.45, 7) is 6.64. The van der Waals surface area contributed by atoms with E-state index in [-0.39, 0.29) is 11.2 Å². The minimum atomic E-state index is -0.532. The van der Waals surface area contributed by atoms with Crippen molar-refractivity contribution in [3.05, 3.63) is 48.8 Å². The van der Waals surface area contributed by atoms with Gasteiger partial charge in [-0.05, 0) is 67.5 Å². The molecule has 1 aliphatic carbocycles. The van der Waals surface area contributed by atoms with Gasteiger partial charge in [-0.25, -0.2) is 0 Å². The number of nitrogen functional groups attached to an aromatic ring is 1. The lowest BCUT2D eigenvalue weighted by atomic mass is 9.75. The van der Waals surface area contributed by atoms with Crippen LogP contribution in [-0.2, 0) is 9.31 Å². The summed E-state index contributed by atoms with van der Waals surface area (Å²) in [5.41, 5.74) is 11.3. The van der Waals surface area contributed by atoms with Crippen molar-refractivity contribution in [1.82, 2.24) is 20.4 Å². The Morgan fingerprint density at radius 1 is 1.11 bits per heavy atom. The predicted octanol–water partition coefficient (Wildman–Crippen LogP) is 4.36. The molecule has 8 nitrogen and oxygen atoms in total. The van der Waals surface area contributed by atoms with Crippen LogP contribution in [0.25, 0.3) is 33.3 Å². The summed E-state index contributed by atoms with van der Waals surface area (Å²) in [6, 6.07) is 12.1. The van der Waals surface area contributed by atoms with Gasteiger partial charge >= 0.3 is 7.12 Å². The van der Waals surface area contributed by atoms with Gasteiger partial charge in [-0.2, -0.15) is 15.3 Å². The van der Waals surface area contributed by atoms with E-state index in [9.17, 15) is 0 Å². The number of methoxy groups -OCH3 is 1. The molecule has 3 heterocycles. The van der Waals surface area contributed by atoms with Gasteiger partial charge in [-0.1, -0.05) is 26.0 Å². The number of rotatable bonds is 5. The lowest BCUT2D eigenvalue weighted by molar-refractivity contribution is -0.0438. The van der Waals surface area contributed by atoms with Crippen LogP contribution in [0.4, 0.5) is 5.69 Å². The van der Waals surface area contributed by atoms with Crippen LogP contribution in [0.15, 0.2) is 48.8 Å². The number of nitrogens with one attached hydrogen (secondary N) is 1. The second-order valence-corrected chi connectivity index (χ2v) is 10.3. The van der Waals surface area contributed by atoms with Gasteiger partial charge in [-0.15, -0.1) is 0 Å². The number of benzene rings is 2. The summed E-state index contributed by atoms with van der Waals surface area (Å²) in [5, 5.41) is 16.6. The van der Waals surface area contributed by atoms with Crippen molar-refractivity contribution in [3.8, 4) is 28.1 Å². The molecule has 4 aromatic rings. The molecule has 2 aromatic carbocycles. The normalized spacial score (nSPS) is 23.5. The van der Waals surface area contributed by atoms with E-state index in [1.807, 2.05) is 36.5 Å². The number of ether oxygens (including phenoxy) is 1. The first-order valence-corrected chi connectivity index (χ1v) is 12.4. The molecular formula is C27H30BN5O3. The van der Waals surface area contributed by atoms with Crippen LogP contribution in [0, 0.1) is 5.92 Å². The van der Waals surface area contributed by atoms with Gasteiger partial charge in [0.1, 0.15) is 5.75 Å². The van der Waals surface area contributed by atoms with Crippen molar-refractivity contribution in [2.24, 2.45) is 5.92 Å². The third-order valence-corrected chi connectivity index (χ3v) is 8.10. The third kappa shape index (κ3) is 3.33. The Hall–Kier alpha value is -3.43. The first kappa shape index (κ1) is 23.0. The second kappa shape index (κ2) is 8.32. The van der Waals surface area contributed by atoms with Gasteiger partial charge in [0.15, 0.2) is 0 Å². The van der Waals surface area contributed by atoms with E-state index in [2.05, 4.69) is 47.2 Å². The fourth-order valence-electron chi connectivity index (χ4n) is 6.19. The van der Waals surface area contributed by atoms with E-state index in [0.29, 0.717) is 17.4 Å². The average Bonchev–Trinajstić information content (AvgIpc) is 3.57. The molecule has 0 spiro atoms. The Balaban J connectivity index is 1.53.